The summed E-state index contributed by atoms with van der Waals surface area (Å²) in [6.07, 6.45) is 4.33. The highest BCUT2D eigenvalue weighted by molar-refractivity contribution is 5.76. The Labute approximate surface area is 105 Å². The average molecular weight is 242 g/mol. The summed E-state index contributed by atoms with van der Waals surface area (Å²) in [4.78, 5) is 21.8. The molecule has 0 aromatic carbocycles. The first-order chi connectivity index (χ1) is 8.79. The van der Waals surface area contributed by atoms with Crippen LogP contribution in [0.25, 0.3) is 11.4 Å². The fraction of sp³-hybridized carbons (Fsp3) is 0.308. The van der Waals surface area contributed by atoms with Crippen LogP contribution in [-0.4, -0.2) is 39.3 Å². The number of likely N-dealkylation sites (N-methyl/N-ethyl adjacent to an activating group) is 1. The molecule has 2 aromatic rings. The van der Waals surface area contributed by atoms with Crippen LogP contribution in [0.5, 0.6) is 0 Å². The molecule has 0 N–H and O–H groups in total. The van der Waals surface area contributed by atoms with E-state index in [9.17, 15) is 4.79 Å². The second-order valence-corrected chi connectivity index (χ2v) is 4.51. The lowest BCUT2D eigenvalue weighted by atomic mass is 10.2. The van der Waals surface area contributed by atoms with Gasteiger partial charge in [0.1, 0.15) is 11.5 Å². The van der Waals surface area contributed by atoms with Crippen LogP contribution in [0.4, 0.5) is 0 Å². The fourth-order valence-corrected chi connectivity index (χ4v) is 2.33. The van der Waals surface area contributed by atoms with Gasteiger partial charge in [-0.2, -0.15) is 0 Å². The summed E-state index contributed by atoms with van der Waals surface area (Å²) in [6.45, 7) is 2.61. The zero-order valence-corrected chi connectivity index (χ0v) is 10.2. The maximum absolute atomic E-state index is 11.1. The normalized spacial score (nSPS) is 15.4. The minimum absolute atomic E-state index is 0.549. The van der Waals surface area contributed by atoms with Crippen molar-refractivity contribution in [2.24, 2.45) is 0 Å². The Balaban J connectivity index is 2.15. The number of pyridine rings is 1. The van der Waals surface area contributed by atoms with Crippen LogP contribution in [0.2, 0.25) is 0 Å². The van der Waals surface area contributed by atoms with Crippen LogP contribution < -0.4 is 0 Å². The molecule has 3 rings (SSSR count). The van der Waals surface area contributed by atoms with Gasteiger partial charge in [0.05, 0.1) is 5.69 Å². The quantitative estimate of drug-likeness (QED) is 0.743. The van der Waals surface area contributed by atoms with Gasteiger partial charge in [-0.15, -0.1) is 0 Å². The van der Waals surface area contributed by atoms with Gasteiger partial charge in [0.25, 0.3) is 0 Å². The van der Waals surface area contributed by atoms with Crippen molar-refractivity contribution < 1.29 is 4.79 Å². The van der Waals surface area contributed by atoms with Gasteiger partial charge in [-0.25, -0.2) is 4.98 Å². The number of hydrogen-bond acceptors (Lipinski definition) is 4. The third-order valence-electron chi connectivity index (χ3n) is 3.28. The Morgan fingerprint density at radius 3 is 2.78 bits per heavy atom. The Hall–Kier alpha value is -2.01. The molecule has 0 saturated heterocycles. The largest absolute Gasteiger partial charge is 0.325 e. The molecule has 0 radical (unpaired) electrons. The number of carbonyl (C=O) groups is 1. The van der Waals surface area contributed by atoms with E-state index in [2.05, 4.69) is 26.5 Å². The van der Waals surface area contributed by atoms with Crippen molar-refractivity contribution in [1.82, 2.24) is 19.4 Å². The molecule has 92 valence electrons. The number of imidazole rings is 1. The lowest BCUT2D eigenvalue weighted by Gasteiger charge is -2.25. The number of carbonyl (C=O) groups excluding carboxylic acids is 1. The molecule has 0 spiro atoms. The number of nitrogens with zero attached hydrogens (tertiary/aromatic N) is 4. The Morgan fingerprint density at radius 1 is 1.28 bits per heavy atom. The smallest absolute Gasteiger partial charge is 0.170 e. The third-order valence-corrected chi connectivity index (χ3v) is 3.28. The average Bonchev–Trinajstić information content (AvgIpc) is 2.77. The van der Waals surface area contributed by atoms with Crippen molar-refractivity contribution in [2.45, 2.75) is 13.1 Å². The van der Waals surface area contributed by atoms with Gasteiger partial charge >= 0.3 is 0 Å². The summed E-state index contributed by atoms with van der Waals surface area (Å²) in [5.41, 5.74) is 2.56. The zero-order valence-electron chi connectivity index (χ0n) is 10.2. The summed E-state index contributed by atoms with van der Waals surface area (Å²) in [5.74, 6) is 0.864. The van der Waals surface area contributed by atoms with Crippen molar-refractivity contribution in [3.8, 4) is 11.4 Å². The third kappa shape index (κ3) is 1.73. The molecule has 0 amide bonds. The van der Waals surface area contributed by atoms with Crippen LogP contribution in [0, 0.1) is 0 Å². The number of aromatic nitrogens is 3. The van der Waals surface area contributed by atoms with Crippen molar-refractivity contribution in [3.05, 3.63) is 35.9 Å². The molecule has 18 heavy (non-hydrogen) atoms. The summed E-state index contributed by atoms with van der Waals surface area (Å²) < 4.78 is 2.14. The van der Waals surface area contributed by atoms with Gasteiger partial charge in [0, 0.05) is 37.6 Å². The van der Waals surface area contributed by atoms with E-state index in [1.807, 2.05) is 12.1 Å². The highest BCUT2D eigenvalue weighted by atomic mass is 16.1. The summed E-state index contributed by atoms with van der Waals surface area (Å²) in [7, 11) is 2.05. The minimum Gasteiger partial charge on any atom is -0.325 e. The second-order valence-electron chi connectivity index (χ2n) is 4.51. The number of hydrogen-bond donors (Lipinski definition) is 0. The Bertz CT molecular complexity index is 576. The highest BCUT2D eigenvalue weighted by Gasteiger charge is 2.22. The first kappa shape index (κ1) is 11.1. The van der Waals surface area contributed by atoms with Crippen LogP contribution >= 0.6 is 0 Å². The topological polar surface area (TPSA) is 51.0 Å². The molecule has 0 fully saturated rings. The predicted molar refractivity (Wildman–Crippen MR) is 67.2 cm³/mol. The van der Waals surface area contributed by atoms with E-state index in [-0.39, 0.29) is 0 Å². The van der Waals surface area contributed by atoms with E-state index in [1.165, 1.54) is 0 Å². The molecule has 0 bridgehead atoms. The van der Waals surface area contributed by atoms with Crippen molar-refractivity contribution in [1.29, 1.82) is 0 Å². The van der Waals surface area contributed by atoms with Crippen LogP contribution in [0.3, 0.4) is 0 Å². The van der Waals surface area contributed by atoms with E-state index in [0.29, 0.717) is 5.69 Å². The SMILES string of the molecule is CN1CCn2c(-c3ccncc3)nc(C=O)c2C1. The van der Waals surface area contributed by atoms with Gasteiger partial charge in [-0.3, -0.25) is 14.7 Å². The molecule has 0 unspecified atom stereocenters. The lowest BCUT2D eigenvalue weighted by Crippen LogP contribution is -2.30. The standard InChI is InChI=1S/C13H14N4O/c1-16-6-7-17-12(8-16)11(9-18)15-13(17)10-2-4-14-5-3-10/h2-5,9H,6-8H2,1H3. The zero-order chi connectivity index (χ0) is 12.5. The van der Waals surface area contributed by atoms with Gasteiger partial charge in [0.15, 0.2) is 6.29 Å². The fourth-order valence-electron chi connectivity index (χ4n) is 2.33. The molecule has 5 nitrogen and oxygen atoms in total. The Morgan fingerprint density at radius 2 is 2.06 bits per heavy atom. The predicted octanol–water partition coefficient (Wildman–Crippen LogP) is 1.20. The van der Waals surface area contributed by atoms with Crippen LogP contribution in [0.1, 0.15) is 16.2 Å². The molecule has 1 aliphatic rings. The maximum Gasteiger partial charge on any atom is 0.170 e. The molecule has 2 aromatic heterocycles. The first-order valence-electron chi connectivity index (χ1n) is 5.93. The summed E-state index contributed by atoms with van der Waals surface area (Å²) >= 11 is 0. The Kier molecular flexibility index (Phi) is 2.68. The van der Waals surface area contributed by atoms with Gasteiger partial charge in [0.2, 0.25) is 0 Å². The van der Waals surface area contributed by atoms with E-state index in [4.69, 9.17) is 0 Å². The van der Waals surface area contributed by atoms with Crippen LogP contribution in [-0.2, 0) is 13.1 Å². The molecule has 1 aliphatic heterocycles. The molecule has 0 atom stereocenters. The summed E-state index contributed by atoms with van der Waals surface area (Å²) in [6, 6.07) is 3.84. The highest BCUT2D eigenvalue weighted by Crippen LogP contribution is 2.24. The molecule has 5 heteroatoms. The molecule has 3 heterocycles. The van der Waals surface area contributed by atoms with E-state index in [0.717, 1.165) is 43.0 Å². The molecule has 0 aliphatic carbocycles. The van der Waals surface area contributed by atoms with Gasteiger partial charge < -0.3 is 4.57 Å². The van der Waals surface area contributed by atoms with Crippen LogP contribution in [0.15, 0.2) is 24.5 Å². The van der Waals surface area contributed by atoms with E-state index >= 15 is 0 Å². The number of aldehydes is 1. The minimum atomic E-state index is 0.549. The lowest BCUT2D eigenvalue weighted by molar-refractivity contribution is 0.111. The van der Waals surface area contributed by atoms with E-state index < -0.39 is 0 Å². The number of rotatable bonds is 2. The summed E-state index contributed by atoms with van der Waals surface area (Å²) in [5, 5.41) is 0. The number of fused-ring (bicyclic) bond motifs is 1. The maximum atomic E-state index is 11.1. The van der Waals surface area contributed by atoms with Crippen molar-refractivity contribution in [2.75, 3.05) is 13.6 Å². The monoisotopic (exact) mass is 242 g/mol. The van der Waals surface area contributed by atoms with Crippen molar-refractivity contribution in [3.63, 3.8) is 0 Å². The van der Waals surface area contributed by atoms with E-state index in [1.54, 1.807) is 12.4 Å². The molecular weight excluding hydrogens is 228 g/mol. The van der Waals surface area contributed by atoms with Crippen molar-refractivity contribution >= 4 is 6.29 Å². The molecule has 0 saturated carbocycles. The van der Waals surface area contributed by atoms with Gasteiger partial charge in [-0.1, -0.05) is 0 Å². The second kappa shape index (κ2) is 4.34. The molecular formula is C13H14N4O. The van der Waals surface area contributed by atoms with Gasteiger partial charge in [-0.05, 0) is 19.2 Å². The first-order valence-corrected chi connectivity index (χ1v) is 5.93.